The van der Waals surface area contributed by atoms with E-state index < -0.39 is 22.9 Å². The molecule has 0 saturated carbocycles. The second-order valence-electron chi connectivity index (χ2n) is 7.46. The highest BCUT2D eigenvalue weighted by atomic mass is 19.4. The molecule has 0 aliphatic rings. The van der Waals surface area contributed by atoms with Gasteiger partial charge in [0.05, 0.1) is 5.56 Å². The van der Waals surface area contributed by atoms with Gasteiger partial charge in [-0.15, -0.1) is 0 Å². The standard InChI is InChI=1S/C20H18F3N3O3/c1-19(2,3)16-13(24-10-29-16)9-15-18(28)25-14(17(27)26-15)8-11-5-4-6-12(7-11)20(21,22)23/h4-10H,1-3H3,(H,25,28)(H,26,27). The van der Waals surface area contributed by atoms with Crippen molar-refractivity contribution in [2.45, 2.75) is 32.4 Å². The van der Waals surface area contributed by atoms with E-state index in [4.69, 9.17) is 4.42 Å². The Morgan fingerprint density at radius 3 is 2.21 bits per heavy atom. The summed E-state index contributed by atoms with van der Waals surface area (Å²) < 4.78 is 43.9. The number of hydrogen-bond acceptors (Lipinski definition) is 4. The van der Waals surface area contributed by atoms with E-state index in [-0.39, 0.29) is 21.7 Å². The highest BCUT2D eigenvalue weighted by Gasteiger charge is 2.30. The number of nitrogens with zero attached hydrogens (tertiary/aromatic N) is 1. The molecule has 9 heteroatoms. The Kier molecular flexibility index (Phi) is 5.08. The molecule has 0 amide bonds. The number of nitrogens with one attached hydrogen (secondary N) is 2. The van der Waals surface area contributed by atoms with E-state index in [9.17, 15) is 22.8 Å². The lowest BCUT2D eigenvalue weighted by atomic mass is 9.92. The van der Waals surface area contributed by atoms with Gasteiger partial charge < -0.3 is 14.4 Å². The van der Waals surface area contributed by atoms with Crippen molar-refractivity contribution in [3.8, 4) is 0 Å². The number of alkyl halides is 3. The molecule has 2 N–H and O–H groups in total. The van der Waals surface area contributed by atoms with Gasteiger partial charge in [-0.05, 0) is 29.8 Å². The number of H-pyrrole nitrogens is 2. The van der Waals surface area contributed by atoms with Gasteiger partial charge in [-0.2, -0.15) is 13.2 Å². The third kappa shape index (κ3) is 4.56. The number of aromatic nitrogens is 3. The molecule has 0 bridgehead atoms. The van der Waals surface area contributed by atoms with Crippen LogP contribution in [0, 0.1) is 0 Å². The maximum atomic E-state index is 12.8. The van der Waals surface area contributed by atoms with Crippen molar-refractivity contribution in [3.63, 3.8) is 0 Å². The van der Waals surface area contributed by atoms with Crippen LogP contribution in [0.3, 0.4) is 0 Å². The molecular formula is C20H18F3N3O3. The first kappa shape index (κ1) is 20.4. The average Bonchev–Trinajstić information content (AvgIpc) is 3.07. The maximum Gasteiger partial charge on any atom is 0.416 e. The fourth-order valence-corrected chi connectivity index (χ4v) is 2.72. The van der Waals surface area contributed by atoms with Gasteiger partial charge in [-0.25, -0.2) is 4.98 Å². The summed E-state index contributed by atoms with van der Waals surface area (Å²) in [6.07, 6.45) is -0.701. The number of rotatable bonds is 2. The van der Waals surface area contributed by atoms with Crippen molar-refractivity contribution in [3.05, 3.63) is 84.6 Å². The summed E-state index contributed by atoms with van der Waals surface area (Å²) in [5.41, 5.74) is -1.97. The highest BCUT2D eigenvalue weighted by molar-refractivity contribution is 5.50. The molecule has 3 rings (SSSR count). The van der Waals surface area contributed by atoms with E-state index in [1.165, 1.54) is 30.7 Å². The first-order valence-corrected chi connectivity index (χ1v) is 8.62. The molecule has 0 radical (unpaired) electrons. The number of aromatic amines is 2. The van der Waals surface area contributed by atoms with Gasteiger partial charge in [0, 0.05) is 5.41 Å². The van der Waals surface area contributed by atoms with Crippen molar-refractivity contribution < 1.29 is 17.6 Å². The minimum atomic E-state index is -4.51. The van der Waals surface area contributed by atoms with Gasteiger partial charge in [-0.1, -0.05) is 32.9 Å². The lowest BCUT2D eigenvalue weighted by molar-refractivity contribution is -0.137. The Morgan fingerprint density at radius 2 is 1.62 bits per heavy atom. The second-order valence-corrected chi connectivity index (χ2v) is 7.46. The molecule has 0 aliphatic heterocycles. The van der Waals surface area contributed by atoms with Crippen LogP contribution in [0.15, 0.2) is 44.7 Å². The summed E-state index contributed by atoms with van der Waals surface area (Å²) >= 11 is 0. The molecule has 3 aromatic rings. The summed E-state index contributed by atoms with van der Waals surface area (Å²) in [6.45, 7) is 5.72. The van der Waals surface area contributed by atoms with Gasteiger partial charge in [0.2, 0.25) is 0 Å². The number of halogens is 3. The van der Waals surface area contributed by atoms with Crippen LogP contribution in [-0.4, -0.2) is 15.0 Å². The van der Waals surface area contributed by atoms with Gasteiger partial charge >= 0.3 is 6.18 Å². The predicted octanol–water partition coefficient (Wildman–Crippen LogP) is 2.03. The quantitative estimate of drug-likeness (QED) is 0.683. The topological polar surface area (TPSA) is 91.8 Å². The molecule has 0 saturated heterocycles. The van der Waals surface area contributed by atoms with Crippen molar-refractivity contribution in [2.24, 2.45) is 0 Å². The molecule has 1 aromatic carbocycles. The average molecular weight is 405 g/mol. The zero-order valence-corrected chi connectivity index (χ0v) is 15.8. The summed E-state index contributed by atoms with van der Waals surface area (Å²) in [6, 6.07) is 4.44. The van der Waals surface area contributed by atoms with Crippen LogP contribution in [0.5, 0.6) is 0 Å². The fourth-order valence-electron chi connectivity index (χ4n) is 2.72. The van der Waals surface area contributed by atoms with Crippen LogP contribution in [0.4, 0.5) is 13.2 Å². The van der Waals surface area contributed by atoms with E-state index in [2.05, 4.69) is 15.0 Å². The summed E-state index contributed by atoms with van der Waals surface area (Å²) in [5.74, 6) is 0.539. The smallest absolute Gasteiger partial charge is 0.416 e. The van der Waals surface area contributed by atoms with Gasteiger partial charge in [0.15, 0.2) is 6.39 Å². The van der Waals surface area contributed by atoms with Crippen LogP contribution in [0.2, 0.25) is 0 Å². The van der Waals surface area contributed by atoms with E-state index >= 15 is 0 Å². The van der Waals surface area contributed by atoms with Crippen LogP contribution in [0.25, 0.3) is 12.2 Å². The first-order chi connectivity index (χ1) is 13.4. The van der Waals surface area contributed by atoms with E-state index in [0.717, 1.165) is 12.1 Å². The highest BCUT2D eigenvalue weighted by Crippen LogP contribution is 2.29. The maximum absolute atomic E-state index is 12.8. The Labute approximate surface area is 162 Å². The predicted molar refractivity (Wildman–Crippen MR) is 101 cm³/mol. The Morgan fingerprint density at radius 1 is 1.00 bits per heavy atom. The van der Waals surface area contributed by atoms with Crippen LogP contribution in [-0.2, 0) is 11.6 Å². The van der Waals surface area contributed by atoms with Crippen molar-refractivity contribution in [2.75, 3.05) is 0 Å². The largest absolute Gasteiger partial charge is 0.447 e. The van der Waals surface area contributed by atoms with E-state index in [1.54, 1.807) is 0 Å². The third-order valence-electron chi connectivity index (χ3n) is 4.07. The fraction of sp³-hybridized carbons (Fsp3) is 0.250. The summed E-state index contributed by atoms with van der Waals surface area (Å²) in [4.78, 5) is 33.6. The monoisotopic (exact) mass is 405 g/mol. The van der Waals surface area contributed by atoms with Crippen LogP contribution >= 0.6 is 0 Å². The van der Waals surface area contributed by atoms with Gasteiger partial charge in [-0.3, -0.25) is 9.59 Å². The minimum absolute atomic E-state index is 0.0457. The van der Waals surface area contributed by atoms with E-state index in [0.29, 0.717) is 11.5 Å². The molecule has 2 aromatic heterocycles. The molecule has 6 nitrogen and oxygen atoms in total. The molecular weight excluding hydrogens is 387 g/mol. The molecule has 0 spiro atoms. The third-order valence-corrected chi connectivity index (χ3v) is 4.07. The van der Waals surface area contributed by atoms with Crippen molar-refractivity contribution in [1.82, 2.24) is 15.0 Å². The van der Waals surface area contributed by atoms with E-state index in [1.807, 2.05) is 20.8 Å². The second kappa shape index (κ2) is 7.23. The molecule has 0 aliphatic carbocycles. The number of hydrogen-bond donors (Lipinski definition) is 2. The van der Waals surface area contributed by atoms with Gasteiger partial charge in [0.25, 0.3) is 11.1 Å². The van der Waals surface area contributed by atoms with Crippen molar-refractivity contribution >= 4 is 12.2 Å². The molecule has 152 valence electrons. The Balaban J connectivity index is 2.11. The molecule has 2 heterocycles. The molecule has 0 unspecified atom stereocenters. The zero-order chi connectivity index (χ0) is 21.4. The molecule has 0 fully saturated rings. The first-order valence-electron chi connectivity index (χ1n) is 8.62. The SMILES string of the molecule is CC(C)(C)c1ocnc1C=c1[nH]c(=O)c(=Cc2cccc(C(F)(F)F)c2)[nH]c1=O. The van der Waals surface area contributed by atoms with Gasteiger partial charge in [0.1, 0.15) is 22.2 Å². The lowest BCUT2D eigenvalue weighted by Gasteiger charge is -2.14. The Bertz CT molecular complexity index is 1280. The summed E-state index contributed by atoms with van der Waals surface area (Å²) in [7, 11) is 0. The van der Waals surface area contributed by atoms with Crippen LogP contribution in [0.1, 0.15) is 43.4 Å². The minimum Gasteiger partial charge on any atom is -0.447 e. The van der Waals surface area contributed by atoms with Crippen LogP contribution < -0.4 is 21.8 Å². The molecule has 0 atom stereocenters. The summed E-state index contributed by atoms with van der Waals surface area (Å²) in [5, 5.41) is -0.210. The zero-order valence-electron chi connectivity index (χ0n) is 15.8. The normalized spacial score (nSPS) is 13.9. The number of oxazole rings is 1. The lowest BCUT2D eigenvalue weighted by Crippen LogP contribution is -2.46. The molecule has 29 heavy (non-hydrogen) atoms. The van der Waals surface area contributed by atoms with Crippen molar-refractivity contribution in [1.29, 1.82) is 0 Å². The number of benzene rings is 1. The Hall–Kier alpha value is -3.36.